The first-order valence-corrected chi connectivity index (χ1v) is 7.73. The van der Waals surface area contributed by atoms with E-state index in [1.54, 1.807) is 7.11 Å². The summed E-state index contributed by atoms with van der Waals surface area (Å²) < 4.78 is 11.0. The van der Waals surface area contributed by atoms with Crippen molar-refractivity contribution in [3.63, 3.8) is 0 Å². The molecule has 2 unspecified atom stereocenters. The van der Waals surface area contributed by atoms with Gasteiger partial charge >= 0.3 is 0 Å². The first-order chi connectivity index (χ1) is 9.61. The van der Waals surface area contributed by atoms with E-state index in [0.29, 0.717) is 23.6 Å². The highest BCUT2D eigenvalue weighted by molar-refractivity contribution is 4.97. The van der Waals surface area contributed by atoms with Crippen molar-refractivity contribution in [2.45, 2.75) is 64.5 Å². The Morgan fingerprint density at radius 3 is 2.60 bits per heavy atom. The predicted octanol–water partition coefficient (Wildman–Crippen LogP) is 3.38. The zero-order valence-corrected chi connectivity index (χ0v) is 12.8. The van der Waals surface area contributed by atoms with Crippen molar-refractivity contribution in [1.29, 1.82) is 0 Å². The second-order valence-electron chi connectivity index (χ2n) is 6.28. The molecule has 2 rings (SSSR count). The quantitative estimate of drug-likeness (QED) is 0.865. The van der Waals surface area contributed by atoms with E-state index in [4.69, 9.17) is 15.0 Å². The van der Waals surface area contributed by atoms with Crippen LogP contribution in [0.25, 0.3) is 0 Å². The topological polar surface area (TPSA) is 74.2 Å². The van der Waals surface area contributed by atoms with Gasteiger partial charge in [0.1, 0.15) is 6.10 Å². The highest BCUT2D eigenvalue weighted by Crippen LogP contribution is 2.35. The SMILES string of the molecule is COC(c1noc(C(N)CC(C)C)n1)C1CCCCC1. The molecule has 2 N–H and O–H groups in total. The van der Waals surface area contributed by atoms with Crippen LogP contribution in [0.3, 0.4) is 0 Å². The molecule has 1 heterocycles. The molecule has 1 aliphatic rings. The molecule has 0 saturated heterocycles. The van der Waals surface area contributed by atoms with Gasteiger partial charge < -0.3 is 15.0 Å². The van der Waals surface area contributed by atoms with Gasteiger partial charge in [0.05, 0.1) is 6.04 Å². The standard InChI is InChI=1S/C15H27N3O2/c1-10(2)9-12(16)15-17-14(18-20-15)13(19-3)11-7-5-4-6-8-11/h10-13H,4-9,16H2,1-3H3. The maximum Gasteiger partial charge on any atom is 0.243 e. The minimum absolute atomic E-state index is 0.0564. The molecule has 1 aliphatic carbocycles. The van der Waals surface area contributed by atoms with Gasteiger partial charge in [-0.15, -0.1) is 0 Å². The lowest BCUT2D eigenvalue weighted by Gasteiger charge is -2.26. The van der Waals surface area contributed by atoms with E-state index in [0.717, 1.165) is 6.42 Å². The minimum atomic E-state index is -0.180. The fraction of sp³-hybridized carbons (Fsp3) is 0.867. The summed E-state index contributed by atoms with van der Waals surface area (Å²) in [7, 11) is 1.73. The van der Waals surface area contributed by atoms with Crippen LogP contribution in [-0.4, -0.2) is 17.3 Å². The average Bonchev–Trinajstić information content (AvgIpc) is 2.90. The summed E-state index contributed by atoms with van der Waals surface area (Å²) in [5.41, 5.74) is 6.09. The van der Waals surface area contributed by atoms with E-state index in [1.165, 1.54) is 32.1 Å². The lowest BCUT2D eigenvalue weighted by Crippen LogP contribution is -2.19. The van der Waals surface area contributed by atoms with E-state index in [1.807, 2.05) is 0 Å². The Hall–Kier alpha value is -0.940. The van der Waals surface area contributed by atoms with Crippen LogP contribution in [0, 0.1) is 11.8 Å². The van der Waals surface area contributed by atoms with Crippen LogP contribution in [0.1, 0.15) is 76.2 Å². The second kappa shape index (κ2) is 7.18. The van der Waals surface area contributed by atoms with Crippen molar-refractivity contribution in [3.05, 3.63) is 11.7 Å². The van der Waals surface area contributed by atoms with Crippen LogP contribution < -0.4 is 5.73 Å². The highest BCUT2D eigenvalue weighted by atomic mass is 16.5. The number of nitrogens with zero attached hydrogens (tertiary/aromatic N) is 2. The molecule has 1 aromatic rings. The molecule has 0 spiro atoms. The lowest BCUT2D eigenvalue weighted by atomic mass is 9.85. The Kier molecular flexibility index (Phi) is 5.54. The molecule has 0 aliphatic heterocycles. The molecule has 114 valence electrons. The van der Waals surface area contributed by atoms with Crippen LogP contribution in [-0.2, 0) is 4.74 Å². The Bertz CT molecular complexity index is 400. The van der Waals surface area contributed by atoms with Crippen molar-refractivity contribution in [2.24, 2.45) is 17.6 Å². The molecule has 20 heavy (non-hydrogen) atoms. The van der Waals surface area contributed by atoms with Gasteiger partial charge in [-0.25, -0.2) is 0 Å². The largest absolute Gasteiger partial charge is 0.373 e. The van der Waals surface area contributed by atoms with Gasteiger partial charge in [0.15, 0.2) is 0 Å². The molecule has 0 radical (unpaired) electrons. The van der Waals surface area contributed by atoms with E-state index >= 15 is 0 Å². The van der Waals surface area contributed by atoms with E-state index in [9.17, 15) is 0 Å². The molecule has 0 amide bonds. The number of hydrogen-bond acceptors (Lipinski definition) is 5. The molecule has 0 bridgehead atoms. The molecule has 0 aromatic carbocycles. The molecular weight excluding hydrogens is 254 g/mol. The maximum absolute atomic E-state index is 6.09. The number of rotatable bonds is 6. The van der Waals surface area contributed by atoms with Gasteiger partial charge in [0, 0.05) is 7.11 Å². The monoisotopic (exact) mass is 281 g/mol. The van der Waals surface area contributed by atoms with E-state index in [2.05, 4.69) is 24.0 Å². The molecule has 1 fully saturated rings. The number of ether oxygens (including phenoxy) is 1. The summed E-state index contributed by atoms with van der Waals surface area (Å²) in [6.07, 6.45) is 7.01. The van der Waals surface area contributed by atoms with Gasteiger partial charge in [-0.3, -0.25) is 0 Å². The molecular formula is C15H27N3O2. The summed E-state index contributed by atoms with van der Waals surface area (Å²) in [6, 6.07) is -0.180. The van der Waals surface area contributed by atoms with Crippen LogP contribution in [0.4, 0.5) is 0 Å². The highest BCUT2D eigenvalue weighted by Gasteiger charge is 2.29. The summed E-state index contributed by atoms with van der Waals surface area (Å²) >= 11 is 0. The third kappa shape index (κ3) is 3.79. The number of methoxy groups -OCH3 is 1. The van der Waals surface area contributed by atoms with E-state index < -0.39 is 0 Å². The van der Waals surface area contributed by atoms with Crippen LogP contribution in [0.2, 0.25) is 0 Å². The zero-order valence-electron chi connectivity index (χ0n) is 12.8. The molecule has 1 aromatic heterocycles. The van der Waals surface area contributed by atoms with Gasteiger partial charge in [-0.05, 0) is 31.1 Å². The summed E-state index contributed by atoms with van der Waals surface area (Å²) in [6.45, 7) is 4.27. The fourth-order valence-electron chi connectivity index (χ4n) is 3.07. The minimum Gasteiger partial charge on any atom is -0.373 e. The molecule has 1 saturated carbocycles. The number of aromatic nitrogens is 2. The Labute approximate surface area is 121 Å². The van der Waals surface area contributed by atoms with E-state index in [-0.39, 0.29) is 12.1 Å². The van der Waals surface area contributed by atoms with Crippen LogP contribution in [0.15, 0.2) is 4.52 Å². The van der Waals surface area contributed by atoms with Gasteiger partial charge in [-0.2, -0.15) is 4.98 Å². The summed E-state index contributed by atoms with van der Waals surface area (Å²) in [5, 5.41) is 4.10. The van der Waals surface area contributed by atoms with Gasteiger partial charge in [0.2, 0.25) is 11.7 Å². The Balaban J connectivity index is 2.05. The van der Waals surface area contributed by atoms with Crippen LogP contribution in [0.5, 0.6) is 0 Å². The summed E-state index contributed by atoms with van der Waals surface area (Å²) in [5.74, 6) is 2.21. The van der Waals surface area contributed by atoms with Crippen molar-refractivity contribution in [2.75, 3.05) is 7.11 Å². The second-order valence-corrected chi connectivity index (χ2v) is 6.28. The zero-order chi connectivity index (χ0) is 14.5. The lowest BCUT2D eigenvalue weighted by molar-refractivity contribution is 0.0273. The number of nitrogens with two attached hydrogens (primary N) is 1. The maximum atomic E-state index is 6.09. The predicted molar refractivity (Wildman–Crippen MR) is 77.0 cm³/mol. The summed E-state index contributed by atoms with van der Waals surface area (Å²) in [4.78, 5) is 4.48. The first kappa shape index (κ1) is 15.4. The van der Waals surface area contributed by atoms with Crippen molar-refractivity contribution < 1.29 is 9.26 Å². The third-order valence-electron chi connectivity index (χ3n) is 4.09. The fourth-order valence-corrected chi connectivity index (χ4v) is 3.07. The smallest absolute Gasteiger partial charge is 0.243 e. The van der Waals surface area contributed by atoms with Crippen molar-refractivity contribution in [3.8, 4) is 0 Å². The molecule has 5 nitrogen and oxygen atoms in total. The first-order valence-electron chi connectivity index (χ1n) is 7.73. The normalized spacial score (nSPS) is 20.2. The van der Waals surface area contributed by atoms with Gasteiger partial charge in [-0.1, -0.05) is 38.3 Å². The molecule has 5 heteroatoms. The molecule has 2 atom stereocenters. The van der Waals surface area contributed by atoms with Crippen molar-refractivity contribution in [1.82, 2.24) is 10.1 Å². The Morgan fingerprint density at radius 1 is 1.30 bits per heavy atom. The number of hydrogen-bond donors (Lipinski definition) is 1. The van der Waals surface area contributed by atoms with Gasteiger partial charge in [0.25, 0.3) is 0 Å². The average molecular weight is 281 g/mol. The third-order valence-corrected chi connectivity index (χ3v) is 4.09. The van der Waals surface area contributed by atoms with Crippen molar-refractivity contribution >= 4 is 0 Å². The Morgan fingerprint density at radius 2 is 2.00 bits per heavy atom. The van der Waals surface area contributed by atoms with Crippen LogP contribution >= 0.6 is 0 Å².